The number of amides is 1. The Morgan fingerprint density at radius 3 is 2.64 bits per heavy atom. The molecule has 8 nitrogen and oxygen atoms in total. The van der Waals surface area contributed by atoms with Gasteiger partial charge in [-0.25, -0.2) is 4.98 Å². The van der Waals surface area contributed by atoms with E-state index < -0.39 is 11.5 Å². The molecular weight excluding hydrogens is 418 g/mol. The van der Waals surface area contributed by atoms with E-state index in [2.05, 4.69) is 25.7 Å². The zero-order chi connectivity index (χ0) is 22.8. The van der Waals surface area contributed by atoms with E-state index in [1.165, 1.54) is 12.3 Å². The van der Waals surface area contributed by atoms with Gasteiger partial charge in [0.25, 0.3) is 5.91 Å². The first-order valence-electron chi connectivity index (χ1n) is 10.3. The molecule has 0 radical (unpaired) electrons. The Labute approximate surface area is 188 Å². The maximum Gasteiger partial charge on any atom is 0.268 e. The normalized spacial score (nSPS) is 12.9. The summed E-state index contributed by atoms with van der Waals surface area (Å²) in [5.41, 5.74) is 1.27. The van der Waals surface area contributed by atoms with Crippen LogP contribution in [0.2, 0.25) is 0 Å². The van der Waals surface area contributed by atoms with Gasteiger partial charge in [-0.15, -0.1) is 0 Å². The van der Waals surface area contributed by atoms with E-state index in [-0.39, 0.29) is 11.5 Å². The molecule has 33 heavy (non-hydrogen) atoms. The molecule has 0 aliphatic carbocycles. The Hall–Kier alpha value is -4.43. The lowest BCUT2D eigenvalue weighted by atomic mass is 9.86. The third-order valence-electron chi connectivity index (χ3n) is 5.49. The van der Waals surface area contributed by atoms with Crippen LogP contribution in [-0.4, -0.2) is 31.4 Å². The van der Waals surface area contributed by atoms with E-state index in [9.17, 15) is 9.90 Å². The lowest BCUT2D eigenvalue weighted by molar-refractivity contribution is -0.131. The third-order valence-corrected chi connectivity index (χ3v) is 5.49. The molecule has 3 heterocycles. The lowest BCUT2D eigenvalue weighted by Gasteiger charge is -2.26. The molecule has 1 amide bonds. The number of benzene rings is 2. The van der Waals surface area contributed by atoms with Crippen LogP contribution in [0.4, 0.5) is 5.82 Å². The molecule has 0 saturated heterocycles. The molecule has 0 unspecified atom stereocenters. The number of aromatic nitrogens is 4. The highest BCUT2D eigenvalue weighted by Crippen LogP contribution is 2.33. The fourth-order valence-electron chi connectivity index (χ4n) is 3.83. The molecular formula is C25H19N5O3. The Morgan fingerprint density at radius 1 is 1.00 bits per heavy atom. The van der Waals surface area contributed by atoms with Crippen molar-refractivity contribution in [3.8, 4) is 11.3 Å². The maximum absolute atomic E-state index is 13.4. The van der Waals surface area contributed by atoms with Gasteiger partial charge in [-0.3, -0.25) is 4.79 Å². The molecule has 0 saturated carbocycles. The molecule has 5 aromatic rings. The van der Waals surface area contributed by atoms with Gasteiger partial charge < -0.3 is 14.9 Å². The number of nitrogens with one attached hydrogen (secondary N) is 1. The number of carbonyl (C=O) groups excluding carboxylic acids is 1. The number of hydrogen-bond donors (Lipinski definition) is 2. The van der Waals surface area contributed by atoms with Gasteiger partial charge in [-0.2, -0.15) is 10.2 Å². The van der Waals surface area contributed by atoms with Crippen molar-refractivity contribution in [2.75, 3.05) is 5.32 Å². The predicted octanol–water partition coefficient (Wildman–Crippen LogP) is 3.86. The summed E-state index contributed by atoms with van der Waals surface area (Å²) in [4.78, 5) is 18.0. The highest BCUT2D eigenvalue weighted by Gasteiger charge is 2.43. The SMILES string of the molecule is Cc1ccccc1[C@](O)(C(=O)Nc1cccc(-c2cnnc3ccccc23)n1)c1ccon1. The first-order chi connectivity index (χ1) is 16.1. The van der Waals surface area contributed by atoms with Gasteiger partial charge in [0.1, 0.15) is 17.8 Å². The molecule has 2 aromatic carbocycles. The molecule has 8 heteroatoms. The summed E-state index contributed by atoms with van der Waals surface area (Å²) in [6, 6.07) is 21.4. The minimum absolute atomic E-state index is 0.0785. The summed E-state index contributed by atoms with van der Waals surface area (Å²) in [7, 11) is 0. The van der Waals surface area contributed by atoms with Crippen LogP contribution in [0.5, 0.6) is 0 Å². The number of rotatable bonds is 5. The zero-order valence-electron chi connectivity index (χ0n) is 17.6. The van der Waals surface area contributed by atoms with Crippen LogP contribution < -0.4 is 5.32 Å². The summed E-state index contributed by atoms with van der Waals surface area (Å²) < 4.78 is 4.92. The highest BCUT2D eigenvalue weighted by atomic mass is 16.5. The minimum atomic E-state index is -2.07. The average Bonchev–Trinajstić information content (AvgIpc) is 3.39. The van der Waals surface area contributed by atoms with E-state index in [1.807, 2.05) is 49.4 Å². The number of hydrogen-bond acceptors (Lipinski definition) is 7. The Bertz CT molecular complexity index is 1450. The predicted molar refractivity (Wildman–Crippen MR) is 122 cm³/mol. The number of pyridine rings is 1. The number of anilines is 1. The van der Waals surface area contributed by atoms with Crippen LogP contribution in [0.25, 0.3) is 22.2 Å². The Balaban J connectivity index is 1.54. The summed E-state index contributed by atoms with van der Waals surface area (Å²) in [5, 5.41) is 27.3. The molecule has 0 bridgehead atoms. The van der Waals surface area contributed by atoms with E-state index in [0.29, 0.717) is 11.3 Å². The second-order valence-electron chi connectivity index (χ2n) is 7.55. The Morgan fingerprint density at radius 2 is 1.82 bits per heavy atom. The maximum atomic E-state index is 13.4. The summed E-state index contributed by atoms with van der Waals surface area (Å²) in [6.45, 7) is 1.81. The number of aliphatic hydroxyl groups is 1. The largest absolute Gasteiger partial charge is 0.370 e. The fraction of sp³-hybridized carbons (Fsp3) is 0.0800. The quantitative estimate of drug-likeness (QED) is 0.429. The molecule has 1 atom stereocenters. The van der Waals surface area contributed by atoms with Crippen molar-refractivity contribution >= 4 is 22.6 Å². The second kappa shape index (κ2) is 8.25. The number of nitrogens with zero attached hydrogens (tertiary/aromatic N) is 4. The summed E-state index contributed by atoms with van der Waals surface area (Å²) in [6.07, 6.45) is 2.95. The third kappa shape index (κ3) is 3.62. The number of fused-ring (bicyclic) bond motifs is 1. The van der Waals surface area contributed by atoms with Crippen molar-refractivity contribution in [1.82, 2.24) is 20.3 Å². The van der Waals surface area contributed by atoms with E-state index in [0.717, 1.165) is 22.0 Å². The lowest BCUT2D eigenvalue weighted by Crippen LogP contribution is -2.42. The second-order valence-corrected chi connectivity index (χ2v) is 7.55. The molecule has 3 aromatic heterocycles. The van der Waals surface area contributed by atoms with Gasteiger partial charge in [-0.1, -0.05) is 53.7 Å². The van der Waals surface area contributed by atoms with Gasteiger partial charge in [0.2, 0.25) is 5.60 Å². The Kier molecular flexibility index (Phi) is 5.12. The van der Waals surface area contributed by atoms with E-state index in [1.54, 1.807) is 30.5 Å². The first kappa shape index (κ1) is 20.5. The topological polar surface area (TPSA) is 114 Å². The highest BCUT2D eigenvalue weighted by molar-refractivity contribution is 6.00. The van der Waals surface area contributed by atoms with Crippen molar-refractivity contribution in [1.29, 1.82) is 0 Å². The summed E-state index contributed by atoms with van der Waals surface area (Å²) in [5.74, 6) is -0.429. The van der Waals surface area contributed by atoms with Gasteiger partial charge in [-0.05, 0) is 30.7 Å². The van der Waals surface area contributed by atoms with E-state index in [4.69, 9.17) is 4.52 Å². The smallest absolute Gasteiger partial charge is 0.268 e. The molecule has 5 rings (SSSR count). The van der Waals surface area contributed by atoms with E-state index >= 15 is 0 Å². The molecule has 162 valence electrons. The molecule has 0 aliphatic heterocycles. The number of carbonyl (C=O) groups is 1. The molecule has 2 N–H and O–H groups in total. The van der Waals surface area contributed by atoms with Crippen molar-refractivity contribution in [3.63, 3.8) is 0 Å². The average molecular weight is 437 g/mol. The van der Waals surface area contributed by atoms with Crippen LogP contribution in [0.1, 0.15) is 16.8 Å². The van der Waals surface area contributed by atoms with Crippen molar-refractivity contribution in [2.24, 2.45) is 0 Å². The van der Waals surface area contributed by atoms with Crippen molar-refractivity contribution in [3.05, 3.63) is 102 Å². The van der Waals surface area contributed by atoms with Crippen LogP contribution in [0.15, 0.2) is 89.8 Å². The zero-order valence-corrected chi connectivity index (χ0v) is 17.6. The van der Waals surface area contributed by atoms with Gasteiger partial charge in [0.15, 0.2) is 0 Å². The van der Waals surface area contributed by atoms with Crippen LogP contribution in [0.3, 0.4) is 0 Å². The van der Waals surface area contributed by atoms with Gasteiger partial charge in [0, 0.05) is 22.6 Å². The monoisotopic (exact) mass is 437 g/mol. The minimum Gasteiger partial charge on any atom is -0.370 e. The molecule has 0 fully saturated rings. The fourth-order valence-corrected chi connectivity index (χ4v) is 3.83. The van der Waals surface area contributed by atoms with Crippen LogP contribution in [0, 0.1) is 6.92 Å². The van der Waals surface area contributed by atoms with Crippen LogP contribution >= 0.6 is 0 Å². The van der Waals surface area contributed by atoms with Crippen LogP contribution in [-0.2, 0) is 10.4 Å². The van der Waals surface area contributed by atoms with Gasteiger partial charge in [0.05, 0.1) is 17.4 Å². The number of aryl methyl sites for hydroxylation is 1. The first-order valence-corrected chi connectivity index (χ1v) is 10.3. The molecule has 0 spiro atoms. The standard InChI is InChI=1S/C25H19N5O3/c1-16-7-2-4-9-19(16)25(32,22-13-14-33-30-22)24(31)28-23-12-6-11-20(27-23)18-15-26-29-21-10-5-3-8-17(18)21/h2-15,32H,1H3,(H,27,28,31)/t25-/m1/s1. The van der Waals surface area contributed by atoms with Crippen molar-refractivity contribution < 1.29 is 14.4 Å². The van der Waals surface area contributed by atoms with Crippen molar-refractivity contribution in [2.45, 2.75) is 12.5 Å². The molecule has 0 aliphatic rings. The summed E-state index contributed by atoms with van der Waals surface area (Å²) >= 11 is 0. The van der Waals surface area contributed by atoms with Gasteiger partial charge >= 0.3 is 0 Å².